The number of amides is 1. The third kappa shape index (κ3) is 3.72. The molecule has 0 aliphatic heterocycles. The second kappa shape index (κ2) is 6.74. The van der Waals surface area contributed by atoms with Crippen LogP contribution >= 0.6 is 0 Å². The van der Waals surface area contributed by atoms with Crippen molar-refractivity contribution in [3.8, 4) is 0 Å². The third-order valence-corrected chi connectivity index (χ3v) is 5.00. The highest BCUT2D eigenvalue weighted by Gasteiger charge is 2.27. The fraction of sp³-hybridized carbons (Fsp3) is 0.500. The summed E-state index contributed by atoms with van der Waals surface area (Å²) in [6.07, 6.45) is 0.695. The SMILES string of the molecule is CCCN(c1ccccc1NC(C)=O)S(=O)(=O)C(C)C. The smallest absolute Gasteiger partial charge is 0.237 e. The predicted molar refractivity (Wildman–Crippen MR) is 82.4 cm³/mol. The van der Waals surface area contributed by atoms with Gasteiger partial charge in [-0.1, -0.05) is 19.1 Å². The molecule has 0 aliphatic carbocycles. The Bertz CT molecular complexity index is 568. The van der Waals surface area contributed by atoms with Crippen LogP contribution in [0.5, 0.6) is 0 Å². The van der Waals surface area contributed by atoms with Crippen molar-refractivity contribution in [3.05, 3.63) is 24.3 Å². The summed E-state index contributed by atoms with van der Waals surface area (Å²) in [6.45, 7) is 7.01. The maximum absolute atomic E-state index is 12.5. The lowest BCUT2D eigenvalue weighted by Crippen LogP contribution is -2.37. The molecule has 0 saturated carbocycles. The lowest BCUT2D eigenvalue weighted by atomic mass is 10.2. The molecular formula is C14H22N2O3S. The van der Waals surface area contributed by atoms with Gasteiger partial charge in [-0.15, -0.1) is 0 Å². The van der Waals surface area contributed by atoms with Crippen molar-refractivity contribution in [2.75, 3.05) is 16.2 Å². The van der Waals surface area contributed by atoms with Gasteiger partial charge in [-0.05, 0) is 32.4 Å². The van der Waals surface area contributed by atoms with Crippen LogP contribution in [0.2, 0.25) is 0 Å². The monoisotopic (exact) mass is 298 g/mol. The van der Waals surface area contributed by atoms with Crippen molar-refractivity contribution in [2.45, 2.75) is 39.4 Å². The van der Waals surface area contributed by atoms with Crippen LogP contribution in [0.15, 0.2) is 24.3 Å². The van der Waals surface area contributed by atoms with Gasteiger partial charge in [0.1, 0.15) is 0 Å². The van der Waals surface area contributed by atoms with E-state index in [1.165, 1.54) is 11.2 Å². The molecule has 0 heterocycles. The van der Waals surface area contributed by atoms with Crippen molar-refractivity contribution in [3.63, 3.8) is 0 Å². The average Bonchev–Trinajstić information content (AvgIpc) is 2.36. The highest BCUT2D eigenvalue weighted by molar-refractivity contribution is 7.93. The van der Waals surface area contributed by atoms with Crippen LogP contribution in [-0.4, -0.2) is 26.1 Å². The molecule has 0 atom stereocenters. The maximum atomic E-state index is 12.5. The minimum Gasteiger partial charge on any atom is -0.325 e. The van der Waals surface area contributed by atoms with E-state index in [1.54, 1.807) is 38.1 Å². The summed E-state index contributed by atoms with van der Waals surface area (Å²) in [4.78, 5) is 11.3. The van der Waals surface area contributed by atoms with E-state index in [0.717, 1.165) is 0 Å². The van der Waals surface area contributed by atoms with Crippen molar-refractivity contribution < 1.29 is 13.2 Å². The van der Waals surface area contributed by atoms with E-state index in [4.69, 9.17) is 0 Å². The van der Waals surface area contributed by atoms with E-state index < -0.39 is 15.3 Å². The minimum absolute atomic E-state index is 0.226. The zero-order valence-electron chi connectivity index (χ0n) is 12.4. The molecular weight excluding hydrogens is 276 g/mol. The van der Waals surface area contributed by atoms with Gasteiger partial charge in [-0.25, -0.2) is 8.42 Å². The Hall–Kier alpha value is -1.56. The van der Waals surface area contributed by atoms with Gasteiger partial charge in [0.2, 0.25) is 15.9 Å². The van der Waals surface area contributed by atoms with Gasteiger partial charge >= 0.3 is 0 Å². The number of hydrogen-bond donors (Lipinski definition) is 1. The van der Waals surface area contributed by atoms with Gasteiger partial charge in [-0.3, -0.25) is 9.10 Å². The summed E-state index contributed by atoms with van der Waals surface area (Å²) in [5, 5.41) is 2.16. The third-order valence-electron chi connectivity index (χ3n) is 2.81. The molecule has 0 saturated heterocycles. The van der Waals surface area contributed by atoms with Crippen LogP contribution < -0.4 is 9.62 Å². The van der Waals surface area contributed by atoms with E-state index in [0.29, 0.717) is 24.3 Å². The zero-order valence-corrected chi connectivity index (χ0v) is 13.2. The van der Waals surface area contributed by atoms with Crippen LogP contribution in [0.4, 0.5) is 11.4 Å². The predicted octanol–water partition coefficient (Wildman–Crippen LogP) is 2.60. The van der Waals surface area contributed by atoms with Crippen LogP contribution in [-0.2, 0) is 14.8 Å². The molecule has 1 aromatic rings. The van der Waals surface area contributed by atoms with Gasteiger partial charge < -0.3 is 5.32 Å². The molecule has 1 rings (SSSR count). The number of anilines is 2. The molecule has 1 amide bonds. The van der Waals surface area contributed by atoms with Crippen LogP contribution in [0.25, 0.3) is 0 Å². The first kappa shape index (κ1) is 16.5. The first-order chi connectivity index (χ1) is 9.30. The molecule has 6 heteroatoms. The average molecular weight is 298 g/mol. The zero-order chi connectivity index (χ0) is 15.3. The quantitative estimate of drug-likeness (QED) is 0.878. The second-order valence-corrected chi connectivity index (χ2v) is 7.28. The summed E-state index contributed by atoms with van der Waals surface area (Å²) >= 11 is 0. The summed E-state index contributed by atoms with van der Waals surface area (Å²) < 4.78 is 26.3. The van der Waals surface area contributed by atoms with Crippen molar-refractivity contribution in [1.82, 2.24) is 0 Å². The van der Waals surface area contributed by atoms with Crippen molar-refractivity contribution in [1.29, 1.82) is 0 Å². The lowest BCUT2D eigenvalue weighted by molar-refractivity contribution is -0.114. The molecule has 0 spiro atoms. The number of para-hydroxylation sites is 2. The first-order valence-corrected chi connectivity index (χ1v) is 8.19. The Balaban J connectivity index is 3.32. The number of carbonyl (C=O) groups excluding carboxylic acids is 1. The molecule has 0 aromatic heterocycles. The van der Waals surface area contributed by atoms with Crippen LogP contribution in [0, 0.1) is 0 Å². The number of rotatable bonds is 6. The lowest BCUT2D eigenvalue weighted by Gasteiger charge is -2.28. The van der Waals surface area contributed by atoms with E-state index in [9.17, 15) is 13.2 Å². The van der Waals surface area contributed by atoms with Crippen LogP contribution in [0.1, 0.15) is 34.1 Å². The Morgan fingerprint density at radius 3 is 2.40 bits per heavy atom. The second-order valence-electron chi connectivity index (χ2n) is 4.86. The molecule has 0 bridgehead atoms. The van der Waals surface area contributed by atoms with Crippen LogP contribution in [0.3, 0.4) is 0 Å². The van der Waals surface area contributed by atoms with Crippen molar-refractivity contribution >= 4 is 27.3 Å². The number of sulfonamides is 1. The minimum atomic E-state index is -3.43. The Kier molecular flexibility index (Phi) is 5.56. The number of carbonyl (C=O) groups is 1. The number of hydrogen-bond acceptors (Lipinski definition) is 3. The largest absolute Gasteiger partial charge is 0.325 e. The fourth-order valence-corrected chi connectivity index (χ4v) is 3.21. The summed E-state index contributed by atoms with van der Waals surface area (Å²) in [7, 11) is -3.43. The molecule has 0 unspecified atom stereocenters. The Morgan fingerprint density at radius 1 is 1.30 bits per heavy atom. The summed E-state index contributed by atoms with van der Waals surface area (Å²) in [5.74, 6) is -0.226. The number of nitrogens with zero attached hydrogens (tertiary/aromatic N) is 1. The molecule has 112 valence electrons. The van der Waals surface area contributed by atoms with Gasteiger partial charge in [-0.2, -0.15) is 0 Å². The molecule has 1 N–H and O–H groups in total. The first-order valence-electron chi connectivity index (χ1n) is 6.68. The van der Waals surface area contributed by atoms with Gasteiger partial charge in [0, 0.05) is 13.5 Å². The highest BCUT2D eigenvalue weighted by Crippen LogP contribution is 2.29. The van der Waals surface area contributed by atoms with E-state index >= 15 is 0 Å². The highest BCUT2D eigenvalue weighted by atomic mass is 32.2. The van der Waals surface area contributed by atoms with E-state index in [2.05, 4.69) is 5.32 Å². The molecule has 5 nitrogen and oxygen atoms in total. The van der Waals surface area contributed by atoms with E-state index in [1.807, 2.05) is 6.92 Å². The summed E-state index contributed by atoms with van der Waals surface area (Å²) in [6, 6.07) is 6.94. The van der Waals surface area contributed by atoms with Gasteiger partial charge in [0.25, 0.3) is 0 Å². The molecule has 1 aromatic carbocycles. The summed E-state index contributed by atoms with van der Waals surface area (Å²) in [5.41, 5.74) is 1.02. The van der Waals surface area contributed by atoms with E-state index in [-0.39, 0.29) is 5.91 Å². The number of benzene rings is 1. The normalized spacial score (nSPS) is 11.4. The van der Waals surface area contributed by atoms with Gasteiger partial charge in [0.05, 0.1) is 16.6 Å². The topological polar surface area (TPSA) is 66.5 Å². The van der Waals surface area contributed by atoms with Gasteiger partial charge in [0.15, 0.2) is 0 Å². The Morgan fingerprint density at radius 2 is 1.90 bits per heavy atom. The number of nitrogens with one attached hydrogen (secondary N) is 1. The van der Waals surface area contributed by atoms with Crippen molar-refractivity contribution in [2.24, 2.45) is 0 Å². The molecule has 0 fully saturated rings. The molecule has 0 aliphatic rings. The molecule has 20 heavy (non-hydrogen) atoms. The molecule has 0 radical (unpaired) electrons. The maximum Gasteiger partial charge on any atom is 0.237 e. The standard InChI is InChI=1S/C14H22N2O3S/c1-5-10-16(20(18,19)11(2)3)14-9-7-6-8-13(14)15-12(4)17/h6-9,11H,5,10H2,1-4H3,(H,15,17). The Labute approximate surface area is 121 Å². The fourth-order valence-electron chi connectivity index (χ4n) is 1.83.